The maximum absolute atomic E-state index is 11.4. The van der Waals surface area contributed by atoms with Gasteiger partial charge in [-0.15, -0.1) is 0 Å². The maximum Gasteiger partial charge on any atom is 0.264 e. The van der Waals surface area contributed by atoms with Crippen molar-refractivity contribution in [3.05, 3.63) is 107 Å². The Labute approximate surface area is 243 Å². The molecule has 0 spiro atoms. The quantitative estimate of drug-likeness (QED) is 0.116. The third kappa shape index (κ3) is 5.51. The molecule has 5 aromatic rings. The van der Waals surface area contributed by atoms with Crippen LogP contribution in [0.1, 0.15) is 25.3 Å². The summed E-state index contributed by atoms with van der Waals surface area (Å²) in [6.07, 6.45) is 8.47. The van der Waals surface area contributed by atoms with Crippen molar-refractivity contribution in [2.45, 2.75) is 26.8 Å². The third-order valence-electron chi connectivity index (χ3n) is 7.31. The lowest BCUT2D eigenvalue weighted by atomic mass is 10.1. The van der Waals surface area contributed by atoms with Crippen LogP contribution in [0, 0.1) is 0 Å². The Morgan fingerprint density at radius 3 is 2.46 bits per heavy atom. The van der Waals surface area contributed by atoms with Gasteiger partial charge in [0.2, 0.25) is 11.4 Å². The molecule has 1 aliphatic rings. The van der Waals surface area contributed by atoms with E-state index in [1.54, 1.807) is 11.3 Å². The average molecular weight is 584 g/mol. The van der Waals surface area contributed by atoms with Crippen LogP contribution in [0.25, 0.3) is 37.8 Å². The van der Waals surface area contributed by atoms with Gasteiger partial charge < -0.3 is 9.64 Å². The number of benzene rings is 4. The van der Waals surface area contributed by atoms with Crippen LogP contribution in [0.3, 0.4) is 0 Å². The summed E-state index contributed by atoms with van der Waals surface area (Å²) in [6.45, 7) is 5.49. The van der Waals surface area contributed by atoms with Crippen molar-refractivity contribution in [2.75, 3.05) is 17.2 Å². The molecule has 0 saturated heterocycles. The van der Waals surface area contributed by atoms with E-state index >= 15 is 0 Å². The molecule has 208 valence electrons. The van der Waals surface area contributed by atoms with Crippen LogP contribution in [-0.2, 0) is 16.7 Å². The first-order valence-electron chi connectivity index (χ1n) is 13.7. The van der Waals surface area contributed by atoms with Crippen molar-refractivity contribution in [2.24, 2.45) is 0 Å². The highest BCUT2D eigenvalue weighted by atomic mass is 32.2. The molecular weight excluding hydrogens is 553 g/mol. The van der Waals surface area contributed by atoms with Gasteiger partial charge in [-0.3, -0.25) is 4.55 Å². The Balaban J connectivity index is 1.31. The van der Waals surface area contributed by atoms with Crippen molar-refractivity contribution >= 4 is 65.0 Å². The lowest BCUT2D eigenvalue weighted by Gasteiger charge is -2.17. The van der Waals surface area contributed by atoms with Crippen LogP contribution in [-0.4, -0.2) is 25.3 Å². The van der Waals surface area contributed by atoms with Crippen LogP contribution < -0.4 is 14.2 Å². The van der Waals surface area contributed by atoms with Gasteiger partial charge in [-0.1, -0.05) is 83.7 Å². The Morgan fingerprint density at radius 1 is 1.00 bits per heavy atom. The molecule has 0 amide bonds. The second-order valence-corrected chi connectivity index (χ2v) is 12.7. The van der Waals surface area contributed by atoms with E-state index in [-0.39, 0.29) is 12.2 Å². The first kappa shape index (κ1) is 27.2. The zero-order chi connectivity index (χ0) is 28.6. The third-order valence-corrected chi connectivity index (χ3v) is 9.23. The Morgan fingerprint density at radius 2 is 1.71 bits per heavy atom. The number of thiazole rings is 1. The second-order valence-electron chi connectivity index (χ2n) is 10.1. The lowest BCUT2D eigenvalue weighted by molar-refractivity contribution is -0.664. The number of ether oxygens (including phenoxy) is 1. The number of rotatable bonds is 8. The van der Waals surface area contributed by atoms with E-state index in [1.165, 1.54) is 26.0 Å². The van der Waals surface area contributed by atoms with E-state index in [4.69, 9.17) is 4.74 Å². The summed E-state index contributed by atoms with van der Waals surface area (Å²) in [7, 11) is -4.04. The summed E-state index contributed by atoms with van der Waals surface area (Å²) in [5.74, 6) is 1.07. The Kier molecular flexibility index (Phi) is 7.38. The topological polar surface area (TPSA) is 70.7 Å². The minimum Gasteiger partial charge on any atom is -0.438 e. The summed E-state index contributed by atoms with van der Waals surface area (Å²) in [4.78, 5) is 1.97. The molecule has 4 aromatic carbocycles. The summed E-state index contributed by atoms with van der Waals surface area (Å²) < 4.78 is 41.9. The van der Waals surface area contributed by atoms with Gasteiger partial charge in [-0.25, -0.2) is 0 Å². The molecule has 1 aromatic heterocycles. The molecular formula is C33H31N2O4S2+. The first-order valence-corrected chi connectivity index (χ1v) is 16.1. The highest BCUT2D eigenvalue weighted by Gasteiger charge is 2.28. The SMILES string of the molecule is CC[n+]1c(/C=C/C(C)=C/C=C2/Oc3c(ccc4ccccc34)N2CCCS(=O)(=O)O)sc2ccc3ccccc3c21. The van der Waals surface area contributed by atoms with Gasteiger partial charge in [0.25, 0.3) is 15.1 Å². The highest BCUT2D eigenvalue weighted by Crippen LogP contribution is 2.44. The smallest absolute Gasteiger partial charge is 0.264 e. The van der Waals surface area contributed by atoms with Crippen LogP contribution in [0.5, 0.6) is 5.75 Å². The number of hydrogen-bond donors (Lipinski definition) is 1. The summed E-state index contributed by atoms with van der Waals surface area (Å²) in [6, 6.07) is 25.0. The van der Waals surface area contributed by atoms with Gasteiger partial charge in [0.05, 0.1) is 16.8 Å². The molecule has 0 fully saturated rings. The largest absolute Gasteiger partial charge is 0.438 e. The van der Waals surface area contributed by atoms with Gasteiger partial charge in [0.15, 0.2) is 5.75 Å². The summed E-state index contributed by atoms with van der Waals surface area (Å²) in [5, 5.41) is 5.75. The lowest BCUT2D eigenvalue weighted by Crippen LogP contribution is -2.33. The van der Waals surface area contributed by atoms with E-state index in [1.807, 2.05) is 60.4 Å². The fourth-order valence-corrected chi connectivity index (χ4v) is 7.00. The van der Waals surface area contributed by atoms with E-state index < -0.39 is 10.1 Å². The first-order chi connectivity index (χ1) is 19.8. The molecule has 6 rings (SSSR count). The predicted molar refractivity (Wildman–Crippen MR) is 169 cm³/mol. The fourth-order valence-electron chi connectivity index (χ4n) is 5.36. The highest BCUT2D eigenvalue weighted by molar-refractivity contribution is 7.85. The molecule has 0 saturated carbocycles. The van der Waals surface area contributed by atoms with Crippen LogP contribution in [0.15, 0.2) is 102 Å². The van der Waals surface area contributed by atoms with Crippen molar-refractivity contribution in [3.8, 4) is 5.75 Å². The molecule has 0 radical (unpaired) electrons. The Bertz CT molecular complexity index is 1990. The van der Waals surface area contributed by atoms with Crippen molar-refractivity contribution in [1.29, 1.82) is 0 Å². The van der Waals surface area contributed by atoms with Crippen molar-refractivity contribution in [1.82, 2.24) is 0 Å². The number of nitrogens with zero attached hydrogens (tertiary/aromatic N) is 2. The molecule has 8 heteroatoms. The van der Waals surface area contributed by atoms with Crippen LogP contribution in [0.4, 0.5) is 5.69 Å². The molecule has 6 nitrogen and oxygen atoms in total. The van der Waals surface area contributed by atoms with Gasteiger partial charge in [-0.05, 0) is 55.3 Å². The van der Waals surface area contributed by atoms with Gasteiger partial charge in [0, 0.05) is 18.0 Å². The minimum absolute atomic E-state index is 0.270. The van der Waals surface area contributed by atoms with Crippen molar-refractivity contribution < 1.29 is 22.3 Å². The zero-order valence-corrected chi connectivity index (χ0v) is 24.6. The van der Waals surface area contributed by atoms with E-state index in [0.29, 0.717) is 12.4 Å². The molecule has 2 heterocycles. The van der Waals surface area contributed by atoms with Crippen LogP contribution in [0.2, 0.25) is 0 Å². The zero-order valence-electron chi connectivity index (χ0n) is 22.9. The fraction of sp³-hybridized carbons (Fsp3) is 0.182. The normalized spacial score (nSPS) is 15.0. The van der Waals surface area contributed by atoms with Crippen molar-refractivity contribution in [3.63, 3.8) is 0 Å². The second kappa shape index (κ2) is 11.1. The number of aromatic nitrogens is 1. The minimum atomic E-state index is -4.04. The summed E-state index contributed by atoms with van der Waals surface area (Å²) >= 11 is 1.78. The maximum atomic E-state index is 11.4. The molecule has 41 heavy (non-hydrogen) atoms. The number of hydrogen-bond acceptors (Lipinski definition) is 5. The predicted octanol–water partition coefficient (Wildman–Crippen LogP) is 7.49. The van der Waals surface area contributed by atoms with E-state index in [9.17, 15) is 13.0 Å². The molecule has 1 N–H and O–H groups in total. The van der Waals surface area contributed by atoms with Gasteiger partial charge in [0.1, 0.15) is 11.2 Å². The number of allylic oxidation sites excluding steroid dienone is 4. The van der Waals surface area contributed by atoms with Gasteiger partial charge >= 0.3 is 0 Å². The molecule has 1 aliphatic heterocycles. The standard InChI is InChI=1S/C33H30N2O4S2/c1-3-34-31(40-29-18-16-24-9-4-6-11-26(24)32(29)34)20-14-23(2)13-19-30-35(21-8-22-41(36,37)38)28-17-15-25-10-5-7-12-27(25)33(28)39-30/h4-7,9-20H,3,8,21-22H2,1-2H3/p+1. The van der Waals surface area contributed by atoms with E-state index in [0.717, 1.165) is 34.3 Å². The van der Waals surface area contributed by atoms with Gasteiger partial charge in [-0.2, -0.15) is 13.0 Å². The van der Waals surface area contributed by atoms with Crippen LogP contribution >= 0.6 is 11.3 Å². The monoisotopic (exact) mass is 583 g/mol. The number of fused-ring (bicyclic) bond motifs is 6. The molecule has 0 atom stereocenters. The summed E-state index contributed by atoms with van der Waals surface area (Å²) in [5.41, 5.74) is 3.20. The van der Waals surface area contributed by atoms with E-state index in [2.05, 4.69) is 60.0 Å². The average Bonchev–Trinajstić information content (AvgIpc) is 3.52. The Hall–Kier alpha value is -3.98. The number of anilines is 1. The molecule has 0 aliphatic carbocycles. The number of aryl methyl sites for hydroxylation is 1. The molecule has 0 unspecified atom stereocenters. The molecule has 0 bridgehead atoms.